The molecule has 0 radical (unpaired) electrons. The number of aryl methyl sites for hydroxylation is 1. The van der Waals surface area contributed by atoms with Crippen LogP contribution in [-0.2, 0) is 9.53 Å². The number of anilines is 2. The summed E-state index contributed by atoms with van der Waals surface area (Å²) in [5.41, 5.74) is 8.65. The van der Waals surface area contributed by atoms with Crippen molar-refractivity contribution in [2.75, 3.05) is 24.2 Å². The molecule has 6 heteroatoms. The predicted molar refractivity (Wildman–Crippen MR) is 82.1 cm³/mol. The van der Waals surface area contributed by atoms with Crippen LogP contribution in [0.5, 0.6) is 0 Å². The molecule has 0 aliphatic heterocycles. The summed E-state index contributed by atoms with van der Waals surface area (Å²) >= 11 is 0. The molecule has 1 fully saturated rings. The van der Waals surface area contributed by atoms with E-state index in [0.717, 1.165) is 24.2 Å². The predicted octanol–water partition coefficient (Wildman–Crippen LogP) is 2.39. The van der Waals surface area contributed by atoms with Crippen LogP contribution in [-0.4, -0.2) is 29.1 Å². The van der Waals surface area contributed by atoms with Crippen molar-refractivity contribution in [3.63, 3.8) is 0 Å². The van der Waals surface area contributed by atoms with E-state index in [2.05, 4.69) is 15.3 Å². The zero-order valence-corrected chi connectivity index (χ0v) is 12.8. The number of nitrogen functional groups attached to an aromatic ring is 1. The smallest absolute Gasteiger partial charge is 0.302 e. The van der Waals surface area contributed by atoms with Gasteiger partial charge in [0.05, 0.1) is 23.6 Å². The van der Waals surface area contributed by atoms with Crippen LogP contribution in [0.2, 0.25) is 0 Å². The van der Waals surface area contributed by atoms with Gasteiger partial charge < -0.3 is 15.8 Å². The molecule has 116 valence electrons. The van der Waals surface area contributed by atoms with Crippen molar-refractivity contribution in [3.8, 4) is 0 Å². The van der Waals surface area contributed by atoms with E-state index in [9.17, 15) is 4.79 Å². The van der Waals surface area contributed by atoms with Crippen LogP contribution in [0.15, 0.2) is 0 Å². The maximum Gasteiger partial charge on any atom is 0.302 e. The van der Waals surface area contributed by atoms with E-state index in [1.54, 1.807) is 0 Å². The third-order valence-corrected chi connectivity index (χ3v) is 3.85. The minimum Gasteiger partial charge on any atom is -0.464 e. The SMILES string of the molecule is CC(=O)OCCNc1nc(C)c(N)c(C2CCCCC2)n1. The fraction of sp³-hybridized carbons (Fsp3) is 0.667. The van der Waals surface area contributed by atoms with Gasteiger partial charge in [-0.3, -0.25) is 4.79 Å². The lowest BCUT2D eigenvalue weighted by Crippen LogP contribution is -2.17. The molecule has 1 aliphatic carbocycles. The number of ether oxygens (including phenoxy) is 1. The molecule has 3 N–H and O–H groups in total. The van der Waals surface area contributed by atoms with Crippen molar-refractivity contribution in [2.45, 2.75) is 51.9 Å². The largest absolute Gasteiger partial charge is 0.464 e. The van der Waals surface area contributed by atoms with Crippen molar-refractivity contribution < 1.29 is 9.53 Å². The minimum atomic E-state index is -0.283. The van der Waals surface area contributed by atoms with Crippen molar-refractivity contribution in [1.29, 1.82) is 0 Å². The molecule has 0 unspecified atom stereocenters. The Morgan fingerprint density at radius 3 is 2.71 bits per heavy atom. The summed E-state index contributed by atoms with van der Waals surface area (Å²) in [4.78, 5) is 19.7. The summed E-state index contributed by atoms with van der Waals surface area (Å²) < 4.78 is 4.88. The van der Waals surface area contributed by atoms with Gasteiger partial charge in [-0.1, -0.05) is 19.3 Å². The van der Waals surface area contributed by atoms with Gasteiger partial charge in [-0.05, 0) is 19.8 Å². The molecule has 0 atom stereocenters. The van der Waals surface area contributed by atoms with Gasteiger partial charge in [0.15, 0.2) is 0 Å². The molecule has 21 heavy (non-hydrogen) atoms. The number of rotatable bonds is 5. The number of hydrogen-bond donors (Lipinski definition) is 2. The average molecular weight is 292 g/mol. The number of carbonyl (C=O) groups excluding carboxylic acids is 1. The maximum absolute atomic E-state index is 10.7. The highest BCUT2D eigenvalue weighted by atomic mass is 16.5. The summed E-state index contributed by atoms with van der Waals surface area (Å²) in [6.07, 6.45) is 6.07. The molecule has 0 spiro atoms. The lowest BCUT2D eigenvalue weighted by molar-refractivity contribution is -0.140. The highest BCUT2D eigenvalue weighted by Gasteiger charge is 2.21. The third kappa shape index (κ3) is 4.31. The summed E-state index contributed by atoms with van der Waals surface area (Å²) in [6, 6.07) is 0. The molecule has 1 saturated carbocycles. The minimum absolute atomic E-state index is 0.283. The van der Waals surface area contributed by atoms with Crippen molar-refractivity contribution in [2.24, 2.45) is 0 Å². The summed E-state index contributed by atoms with van der Waals surface area (Å²) in [6.45, 7) is 4.10. The summed E-state index contributed by atoms with van der Waals surface area (Å²) in [5.74, 6) is 0.720. The van der Waals surface area contributed by atoms with Crippen LogP contribution in [0, 0.1) is 6.92 Å². The van der Waals surface area contributed by atoms with Crippen molar-refractivity contribution in [3.05, 3.63) is 11.4 Å². The molecule has 1 aromatic heterocycles. The number of aromatic nitrogens is 2. The normalized spacial score (nSPS) is 15.7. The second-order valence-corrected chi connectivity index (χ2v) is 5.53. The topological polar surface area (TPSA) is 90.1 Å². The molecular weight excluding hydrogens is 268 g/mol. The number of nitrogens with two attached hydrogens (primary N) is 1. The Labute approximate surface area is 125 Å². The van der Waals surface area contributed by atoms with Crippen molar-refractivity contribution >= 4 is 17.6 Å². The highest BCUT2D eigenvalue weighted by Crippen LogP contribution is 2.35. The van der Waals surface area contributed by atoms with E-state index >= 15 is 0 Å². The summed E-state index contributed by atoms with van der Waals surface area (Å²) in [7, 11) is 0. The standard InChI is InChI=1S/C15H24N4O2/c1-10-13(16)14(12-6-4-3-5-7-12)19-15(18-10)17-8-9-21-11(2)20/h12H,3-9,16H2,1-2H3,(H,17,18,19). The first-order chi connectivity index (χ1) is 10.1. The maximum atomic E-state index is 10.7. The van der Waals surface area contributed by atoms with E-state index in [1.165, 1.54) is 26.2 Å². The van der Waals surface area contributed by atoms with Crippen LogP contribution in [0.4, 0.5) is 11.6 Å². The molecule has 0 amide bonds. The lowest BCUT2D eigenvalue weighted by atomic mass is 9.86. The Balaban J connectivity index is 2.04. The number of nitrogens with one attached hydrogen (secondary N) is 1. The molecule has 6 nitrogen and oxygen atoms in total. The fourth-order valence-electron chi connectivity index (χ4n) is 2.73. The Bertz CT molecular complexity index is 499. The van der Waals surface area contributed by atoms with Crippen LogP contribution in [0.1, 0.15) is 56.3 Å². The molecule has 0 aromatic carbocycles. The first-order valence-corrected chi connectivity index (χ1v) is 7.59. The van der Waals surface area contributed by atoms with Crippen LogP contribution < -0.4 is 11.1 Å². The van der Waals surface area contributed by atoms with E-state index in [1.807, 2.05) is 6.92 Å². The molecule has 1 aromatic rings. The van der Waals surface area contributed by atoms with Gasteiger partial charge >= 0.3 is 5.97 Å². The van der Waals surface area contributed by atoms with Gasteiger partial charge in [-0.2, -0.15) is 0 Å². The molecule has 0 bridgehead atoms. The quantitative estimate of drug-likeness (QED) is 0.639. The Morgan fingerprint density at radius 2 is 2.05 bits per heavy atom. The Morgan fingerprint density at radius 1 is 1.33 bits per heavy atom. The second kappa shape index (κ2) is 7.24. The highest BCUT2D eigenvalue weighted by molar-refractivity contribution is 5.65. The van der Waals surface area contributed by atoms with Gasteiger partial charge in [-0.15, -0.1) is 0 Å². The fourth-order valence-corrected chi connectivity index (χ4v) is 2.73. The van der Waals surface area contributed by atoms with Crippen LogP contribution >= 0.6 is 0 Å². The number of hydrogen-bond acceptors (Lipinski definition) is 6. The van der Waals surface area contributed by atoms with E-state index in [-0.39, 0.29) is 5.97 Å². The molecule has 1 aliphatic rings. The number of esters is 1. The summed E-state index contributed by atoms with van der Waals surface area (Å²) in [5, 5.41) is 3.09. The first kappa shape index (κ1) is 15.5. The molecular formula is C15H24N4O2. The van der Waals surface area contributed by atoms with Crippen molar-refractivity contribution in [1.82, 2.24) is 9.97 Å². The first-order valence-electron chi connectivity index (χ1n) is 7.59. The van der Waals surface area contributed by atoms with Crippen LogP contribution in [0.3, 0.4) is 0 Å². The number of carbonyl (C=O) groups is 1. The average Bonchev–Trinajstić information content (AvgIpc) is 2.47. The van der Waals surface area contributed by atoms with E-state index in [0.29, 0.717) is 30.7 Å². The zero-order chi connectivity index (χ0) is 15.2. The van der Waals surface area contributed by atoms with Gasteiger partial charge in [0, 0.05) is 12.8 Å². The lowest BCUT2D eigenvalue weighted by Gasteiger charge is -2.23. The van der Waals surface area contributed by atoms with Gasteiger partial charge in [0.25, 0.3) is 0 Å². The molecule has 1 heterocycles. The monoisotopic (exact) mass is 292 g/mol. The van der Waals surface area contributed by atoms with E-state index in [4.69, 9.17) is 10.5 Å². The Hall–Kier alpha value is -1.85. The Kier molecular flexibility index (Phi) is 5.36. The van der Waals surface area contributed by atoms with Gasteiger partial charge in [0.2, 0.25) is 5.95 Å². The van der Waals surface area contributed by atoms with Gasteiger partial charge in [0.1, 0.15) is 6.61 Å². The number of nitrogens with zero attached hydrogens (tertiary/aromatic N) is 2. The molecule has 0 saturated heterocycles. The zero-order valence-electron chi connectivity index (χ0n) is 12.8. The molecule has 2 rings (SSSR count). The second-order valence-electron chi connectivity index (χ2n) is 5.53. The van der Waals surface area contributed by atoms with Crippen LogP contribution in [0.25, 0.3) is 0 Å². The van der Waals surface area contributed by atoms with E-state index < -0.39 is 0 Å². The third-order valence-electron chi connectivity index (χ3n) is 3.85. The van der Waals surface area contributed by atoms with Gasteiger partial charge in [-0.25, -0.2) is 9.97 Å².